The van der Waals surface area contributed by atoms with E-state index in [1.165, 1.54) is 17.0 Å². The number of guanidine groups is 1. The largest absolute Gasteiger partial charge is 0.370 e. The number of fused-ring (bicyclic) bond motifs is 6. The summed E-state index contributed by atoms with van der Waals surface area (Å²) in [6, 6.07) is 9.94. The summed E-state index contributed by atoms with van der Waals surface area (Å²) in [4.78, 5) is 211. The van der Waals surface area contributed by atoms with Crippen molar-refractivity contribution in [3.63, 3.8) is 0 Å². The smallest absolute Gasteiger partial charge is 0.245 e. The number of nitrogens with one attached hydrogen (secondary N) is 13. The number of rotatable bonds is 14. The average Bonchev–Trinajstić information content (AvgIpc) is 1.78. The number of amides is 14. The highest BCUT2D eigenvalue weighted by Gasteiger charge is 2.41. The van der Waals surface area contributed by atoms with Crippen molar-refractivity contribution in [2.45, 2.75) is 158 Å². The van der Waals surface area contributed by atoms with Gasteiger partial charge in [-0.25, -0.2) is 0 Å². The third-order valence-electron chi connectivity index (χ3n) is 17.7. The van der Waals surface area contributed by atoms with E-state index in [4.69, 9.17) is 28.8 Å². The Morgan fingerprint density at radius 1 is 0.592 bits per heavy atom. The van der Waals surface area contributed by atoms with Crippen LogP contribution in [0.15, 0.2) is 102 Å². The SMILES string of the molecule is CC(=O)N[C@@H]1CC(=O)NCCC(=O)NCC[C@H]2NC(=O)[C@@H](CC(=O)NC[C@H](C(N)=O)NC(=O)[C@H]3CCCN3C(=O)[C@H](CCCN=C(N)N)NC(=O)[C@@H](CC(C)C)NC(=O)[C@@H](Cc3ccc4ccccc4c3)NC2=O)NC(=O)[C@@H](Cc2c[nH]c3ccccc23)NC(=O)[C@H](Cc2ccc(Cl)cc2)NC1=O. The number of aromatic nitrogens is 1. The molecule has 1 aromatic heterocycles. The Hall–Kier alpha value is -11.2. The number of primary amides is 1. The molecule has 4 aromatic carbocycles. The first-order chi connectivity index (χ1) is 49.2. The lowest BCUT2D eigenvalue weighted by atomic mass is 9.98. The van der Waals surface area contributed by atoms with Crippen LogP contribution in [0.3, 0.4) is 0 Å². The maximum absolute atomic E-state index is 15.4. The van der Waals surface area contributed by atoms with Crippen LogP contribution in [0, 0.1) is 5.92 Å². The number of H-pyrrole nitrogens is 1. The van der Waals surface area contributed by atoms with Gasteiger partial charge in [0.2, 0.25) is 82.7 Å². The molecule has 5 aromatic rings. The van der Waals surface area contributed by atoms with Crippen LogP contribution < -0.4 is 81.0 Å². The fraction of sp³-hybridized carbons (Fsp3) is 0.443. The van der Waals surface area contributed by atoms with Gasteiger partial charge < -0.3 is 90.9 Å². The first-order valence-corrected chi connectivity index (χ1v) is 34.5. The number of aliphatic imine (C=N–C) groups is 1. The number of nitrogens with zero attached hydrogens (tertiary/aromatic N) is 2. The van der Waals surface area contributed by atoms with E-state index in [0.717, 1.165) is 17.7 Å². The van der Waals surface area contributed by atoms with Crippen molar-refractivity contribution in [1.82, 2.24) is 73.7 Å². The number of nitrogens with two attached hydrogens (primary N) is 3. The van der Waals surface area contributed by atoms with Crippen LogP contribution in [-0.2, 0) is 86.4 Å². The maximum Gasteiger partial charge on any atom is 0.245 e. The minimum absolute atomic E-state index is 0.0151. The highest BCUT2D eigenvalue weighted by Crippen LogP contribution is 2.24. The van der Waals surface area contributed by atoms with Crippen molar-refractivity contribution in [2.75, 3.05) is 32.7 Å². The third kappa shape index (κ3) is 22.9. The first kappa shape index (κ1) is 77.6. The van der Waals surface area contributed by atoms with Crippen molar-refractivity contribution in [3.05, 3.63) is 119 Å². The highest BCUT2D eigenvalue weighted by atomic mass is 35.5. The summed E-state index contributed by atoms with van der Waals surface area (Å²) in [5.41, 5.74) is 19.1. The van der Waals surface area contributed by atoms with Gasteiger partial charge in [0.25, 0.3) is 0 Å². The molecule has 0 aliphatic carbocycles. The van der Waals surface area contributed by atoms with Crippen molar-refractivity contribution < 1.29 is 67.1 Å². The second kappa shape index (κ2) is 36.9. The van der Waals surface area contributed by atoms with E-state index in [9.17, 15) is 43.2 Å². The summed E-state index contributed by atoms with van der Waals surface area (Å²) in [6.07, 6.45) is -1.36. The molecule has 0 saturated carbocycles. The van der Waals surface area contributed by atoms with Gasteiger partial charge in [-0.15, -0.1) is 0 Å². The van der Waals surface area contributed by atoms with Gasteiger partial charge in [-0.2, -0.15) is 0 Å². The number of hydrogen-bond acceptors (Lipinski definition) is 15. The Morgan fingerprint density at radius 3 is 1.89 bits per heavy atom. The van der Waals surface area contributed by atoms with Crippen LogP contribution in [0.1, 0.15) is 95.2 Å². The van der Waals surface area contributed by atoms with Crippen LogP contribution >= 0.6 is 11.6 Å². The van der Waals surface area contributed by atoms with Gasteiger partial charge in [0.15, 0.2) is 5.96 Å². The molecule has 10 atom stereocenters. The molecule has 0 radical (unpaired) electrons. The van der Waals surface area contributed by atoms with Gasteiger partial charge in [0, 0.05) is 87.5 Å². The summed E-state index contributed by atoms with van der Waals surface area (Å²) >= 11 is 6.23. The molecule has 3 fully saturated rings. The zero-order valence-corrected chi connectivity index (χ0v) is 58.1. The molecule has 32 nitrogen and oxygen atoms in total. The van der Waals surface area contributed by atoms with Gasteiger partial charge in [0.05, 0.1) is 12.8 Å². The van der Waals surface area contributed by atoms with Gasteiger partial charge in [-0.3, -0.25) is 72.1 Å². The summed E-state index contributed by atoms with van der Waals surface area (Å²) < 4.78 is 0. The van der Waals surface area contributed by atoms with E-state index in [2.05, 4.69) is 73.8 Å². The predicted octanol–water partition coefficient (Wildman–Crippen LogP) is -2.10. The van der Waals surface area contributed by atoms with E-state index in [-0.39, 0.29) is 82.9 Å². The van der Waals surface area contributed by atoms with Gasteiger partial charge in [-0.05, 0) is 90.1 Å². The molecule has 3 saturated heterocycles. The quantitative estimate of drug-likeness (QED) is 0.0322. The van der Waals surface area contributed by atoms with Crippen molar-refractivity contribution in [2.24, 2.45) is 28.1 Å². The summed E-state index contributed by atoms with van der Waals surface area (Å²) in [5, 5.41) is 34.0. The molecule has 4 heterocycles. The standard InChI is InChI=1S/C70H89ClN18O14/c1-37(2)28-49-62(96)82-48(14-8-24-77-70(73)74)69(103)89-27-9-15-56(89)68(102)88-55(60(72)94)36-79-59(93)34-54-67(101)81-47(61(95)84-51(64(98)83-49)31-40-16-19-41-10-4-5-11-42(41)29-40)22-25-75-57(91)23-26-76-58(92)33-53(80-38(3)90)66(100)85-50(30-39-17-20-44(71)21-18-39)63(97)86-52(65(99)87-54)32-43-35-78-46-13-7-6-12-45(43)46/h4-7,10-13,16-21,29,35,37,47-56,78H,8-9,14-15,22-28,30-34,36H2,1-3H3,(H2,72,94)(H,75,91)(H,76,92)(H,79,93)(H,80,90)(H,81,101)(H,82,96)(H,83,98)(H,84,95)(H,85,100)(H,86,97)(H,87,99)(H,88,102)(H4,73,74,77)/t47-,48+,49-,50+,51-,52-,53-,54-,55-,56-/m1/s1. The zero-order chi connectivity index (χ0) is 74.4. The Labute approximate surface area is 598 Å². The zero-order valence-electron chi connectivity index (χ0n) is 57.3. The number of benzene rings is 4. The number of aromatic amines is 1. The van der Waals surface area contributed by atoms with Gasteiger partial charge in [0.1, 0.15) is 60.4 Å². The number of halogens is 1. The average molecular weight is 1440 g/mol. The van der Waals surface area contributed by atoms with E-state index >= 15 is 24.0 Å². The molecule has 8 rings (SSSR count). The van der Waals surface area contributed by atoms with E-state index < -0.39 is 175 Å². The maximum atomic E-state index is 15.4. The van der Waals surface area contributed by atoms with E-state index in [1.54, 1.807) is 74.6 Å². The lowest BCUT2D eigenvalue weighted by Gasteiger charge is -2.31. The van der Waals surface area contributed by atoms with Gasteiger partial charge in [-0.1, -0.05) is 98.2 Å². The number of para-hydroxylation sites is 1. The predicted molar refractivity (Wildman–Crippen MR) is 379 cm³/mol. The fourth-order valence-electron chi connectivity index (χ4n) is 12.4. The molecule has 2 bridgehead atoms. The molecule has 550 valence electrons. The Kier molecular flexibility index (Phi) is 27.8. The number of carbonyl (C=O) groups excluding carboxylic acids is 14. The van der Waals surface area contributed by atoms with Crippen molar-refractivity contribution >= 4 is 122 Å². The van der Waals surface area contributed by atoms with Gasteiger partial charge >= 0.3 is 0 Å². The lowest BCUT2D eigenvalue weighted by molar-refractivity contribution is -0.142. The molecule has 3 aliphatic heterocycles. The molecule has 103 heavy (non-hydrogen) atoms. The van der Waals surface area contributed by atoms with Crippen LogP contribution in [0.2, 0.25) is 5.02 Å². The molecular weight excluding hydrogens is 1350 g/mol. The molecule has 14 amide bonds. The second-order valence-electron chi connectivity index (χ2n) is 26.1. The molecule has 19 N–H and O–H groups in total. The summed E-state index contributed by atoms with van der Waals surface area (Å²) in [6.45, 7) is 3.30. The summed E-state index contributed by atoms with van der Waals surface area (Å²) in [5.74, 6) is -13.6. The van der Waals surface area contributed by atoms with Crippen LogP contribution in [0.4, 0.5) is 0 Å². The van der Waals surface area contributed by atoms with Crippen LogP contribution in [-0.4, -0.2) is 192 Å². The van der Waals surface area contributed by atoms with Crippen LogP contribution in [0.25, 0.3) is 21.7 Å². The van der Waals surface area contributed by atoms with Crippen molar-refractivity contribution in [3.8, 4) is 0 Å². The normalized spacial score (nSPS) is 24.0. The Balaban J connectivity index is 1.23. The molecule has 0 unspecified atom stereocenters. The molecule has 3 aliphatic rings. The molecule has 0 spiro atoms. The minimum Gasteiger partial charge on any atom is -0.370 e. The number of carbonyl (C=O) groups is 14. The summed E-state index contributed by atoms with van der Waals surface area (Å²) in [7, 11) is 0. The third-order valence-corrected chi connectivity index (χ3v) is 17.9. The van der Waals surface area contributed by atoms with Crippen molar-refractivity contribution in [1.29, 1.82) is 0 Å². The fourth-order valence-corrected chi connectivity index (χ4v) is 12.5. The van der Waals surface area contributed by atoms with Crippen LogP contribution in [0.5, 0.6) is 0 Å². The minimum atomic E-state index is -2.02. The van der Waals surface area contributed by atoms with E-state index in [0.29, 0.717) is 39.0 Å². The molecular formula is C70H89ClN18O14. The first-order valence-electron chi connectivity index (χ1n) is 34.1. The monoisotopic (exact) mass is 1440 g/mol. The lowest BCUT2D eigenvalue weighted by Crippen LogP contribution is -2.61. The Morgan fingerprint density at radius 2 is 1.18 bits per heavy atom. The highest BCUT2D eigenvalue weighted by molar-refractivity contribution is 6.30. The van der Waals surface area contributed by atoms with E-state index in [1.807, 2.05) is 24.3 Å². The number of hydrogen-bond donors (Lipinski definition) is 16. The topological polar surface area (TPSA) is 493 Å². The Bertz CT molecular complexity index is 4010. The molecule has 33 heteroatoms. The second-order valence-corrected chi connectivity index (χ2v) is 26.6.